The second kappa shape index (κ2) is 6.14. The molecular formula is C17H13ClN4OS. The highest BCUT2D eigenvalue weighted by Crippen LogP contribution is 2.25. The first kappa shape index (κ1) is 15.0. The van der Waals surface area contributed by atoms with Crippen LogP contribution in [0.1, 0.15) is 0 Å². The molecule has 0 aliphatic heterocycles. The van der Waals surface area contributed by atoms with Crippen molar-refractivity contribution >= 4 is 39.2 Å². The largest absolute Gasteiger partial charge is 0.360 e. The van der Waals surface area contributed by atoms with Gasteiger partial charge in [-0.2, -0.15) is 5.10 Å². The van der Waals surface area contributed by atoms with Crippen LogP contribution in [0.25, 0.3) is 16.6 Å². The van der Waals surface area contributed by atoms with Gasteiger partial charge in [0.05, 0.1) is 28.7 Å². The number of rotatable bonds is 4. The summed E-state index contributed by atoms with van der Waals surface area (Å²) >= 11 is 5.98. The first-order valence-corrected chi connectivity index (χ1v) is 8.79. The Morgan fingerprint density at radius 2 is 2.00 bits per heavy atom. The van der Waals surface area contributed by atoms with Gasteiger partial charge in [-0.15, -0.1) is 0 Å². The van der Waals surface area contributed by atoms with E-state index in [0.29, 0.717) is 15.6 Å². The quantitative estimate of drug-likeness (QED) is 0.577. The molecule has 4 aromatic rings. The molecule has 0 saturated carbocycles. The van der Waals surface area contributed by atoms with Crippen LogP contribution in [-0.2, 0) is 11.0 Å². The molecule has 2 heterocycles. The Morgan fingerprint density at radius 1 is 1.17 bits per heavy atom. The Morgan fingerprint density at radius 3 is 2.83 bits per heavy atom. The summed E-state index contributed by atoms with van der Waals surface area (Å²) in [4.78, 5) is 3.76. The molecule has 2 aromatic heterocycles. The van der Waals surface area contributed by atoms with E-state index in [1.807, 2.05) is 42.5 Å². The third kappa shape index (κ3) is 2.81. The van der Waals surface area contributed by atoms with E-state index in [4.69, 9.17) is 11.6 Å². The van der Waals surface area contributed by atoms with Crippen LogP contribution in [0.15, 0.2) is 72.0 Å². The standard InChI is InChI=1S/C17H13ClN4OS/c18-12-6-7-15-16(8-12)19-10-17(15)24(23)21-13-9-20-22(11-13)14-4-2-1-3-5-14/h1-11,19,21H. The van der Waals surface area contributed by atoms with Crippen molar-refractivity contribution < 1.29 is 4.21 Å². The normalized spacial score (nSPS) is 12.4. The number of hydrogen-bond acceptors (Lipinski definition) is 2. The molecule has 0 spiro atoms. The molecule has 0 amide bonds. The second-order valence-electron chi connectivity index (χ2n) is 5.22. The molecule has 120 valence electrons. The summed E-state index contributed by atoms with van der Waals surface area (Å²) in [5.74, 6) is 0. The zero-order chi connectivity index (χ0) is 16.5. The van der Waals surface area contributed by atoms with Gasteiger partial charge in [-0.25, -0.2) is 8.89 Å². The fourth-order valence-corrected chi connectivity index (χ4v) is 3.63. The number of nitrogens with one attached hydrogen (secondary N) is 2. The Bertz CT molecular complexity index is 1030. The van der Waals surface area contributed by atoms with Crippen molar-refractivity contribution in [2.24, 2.45) is 0 Å². The lowest BCUT2D eigenvalue weighted by Crippen LogP contribution is -2.03. The van der Waals surface area contributed by atoms with Gasteiger partial charge in [0, 0.05) is 22.1 Å². The number of anilines is 1. The van der Waals surface area contributed by atoms with Gasteiger partial charge < -0.3 is 4.98 Å². The third-order valence-electron chi connectivity index (χ3n) is 3.62. The topological polar surface area (TPSA) is 62.7 Å². The highest BCUT2D eigenvalue weighted by Gasteiger charge is 2.12. The SMILES string of the molecule is O=S(Nc1cnn(-c2ccccc2)c1)c1c[nH]c2cc(Cl)ccc12. The number of aromatic amines is 1. The maximum atomic E-state index is 12.6. The Kier molecular flexibility index (Phi) is 3.84. The molecule has 2 N–H and O–H groups in total. The van der Waals surface area contributed by atoms with Crippen LogP contribution in [0, 0.1) is 0 Å². The molecule has 24 heavy (non-hydrogen) atoms. The zero-order valence-corrected chi connectivity index (χ0v) is 14.0. The van der Waals surface area contributed by atoms with Crippen LogP contribution in [-0.4, -0.2) is 19.0 Å². The summed E-state index contributed by atoms with van der Waals surface area (Å²) < 4.78 is 17.3. The van der Waals surface area contributed by atoms with E-state index in [0.717, 1.165) is 16.6 Å². The second-order valence-corrected chi connectivity index (χ2v) is 6.84. The summed E-state index contributed by atoms with van der Waals surface area (Å²) in [6.07, 6.45) is 5.18. The van der Waals surface area contributed by atoms with Gasteiger partial charge in [0.25, 0.3) is 0 Å². The maximum absolute atomic E-state index is 12.6. The molecule has 1 atom stereocenters. The molecular weight excluding hydrogens is 344 g/mol. The van der Waals surface area contributed by atoms with E-state index in [9.17, 15) is 4.21 Å². The van der Waals surface area contributed by atoms with Gasteiger partial charge in [-0.3, -0.25) is 4.72 Å². The van der Waals surface area contributed by atoms with E-state index < -0.39 is 11.0 Å². The number of halogens is 1. The molecule has 5 nitrogen and oxygen atoms in total. The number of fused-ring (bicyclic) bond motifs is 1. The average Bonchev–Trinajstić information content (AvgIpc) is 3.22. The molecule has 0 radical (unpaired) electrons. The Hall–Kier alpha value is -2.57. The summed E-state index contributed by atoms with van der Waals surface area (Å²) in [7, 11) is -1.41. The van der Waals surface area contributed by atoms with E-state index in [-0.39, 0.29) is 0 Å². The van der Waals surface area contributed by atoms with Crippen molar-refractivity contribution in [1.29, 1.82) is 0 Å². The summed E-state index contributed by atoms with van der Waals surface area (Å²) in [5, 5.41) is 5.80. The van der Waals surface area contributed by atoms with Crippen molar-refractivity contribution in [2.75, 3.05) is 4.72 Å². The van der Waals surface area contributed by atoms with Crippen molar-refractivity contribution in [1.82, 2.24) is 14.8 Å². The van der Waals surface area contributed by atoms with Crippen LogP contribution < -0.4 is 4.72 Å². The molecule has 7 heteroatoms. The van der Waals surface area contributed by atoms with Crippen molar-refractivity contribution in [3.8, 4) is 5.69 Å². The maximum Gasteiger partial charge on any atom is 0.152 e. The number of para-hydroxylation sites is 1. The van der Waals surface area contributed by atoms with Crippen LogP contribution in [0.4, 0.5) is 5.69 Å². The number of nitrogens with zero attached hydrogens (tertiary/aromatic N) is 2. The van der Waals surface area contributed by atoms with Crippen molar-refractivity contribution in [2.45, 2.75) is 4.90 Å². The minimum Gasteiger partial charge on any atom is -0.360 e. The molecule has 0 aliphatic rings. The smallest absolute Gasteiger partial charge is 0.152 e. The number of benzene rings is 2. The minimum atomic E-state index is -1.41. The summed E-state index contributed by atoms with van der Waals surface area (Å²) in [6.45, 7) is 0. The molecule has 0 fully saturated rings. The van der Waals surface area contributed by atoms with Crippen LogP contribution >= 0.6 is 11.6 Å². The van der Waals surface area contributed by atoms with Gasteiger partial charge in [-0.05, 0) is 24.3 Å². The molecule has 1 unspecified atom stereocenters. The fraction of sp³-hybridized carbons (Fsp3) is 0. The highest BCUT2D eigenvalue weighted by molar-refractivity contribution is 7.86. The molecule has 4 rings (SSSR count). The van der Waals surface area contributed by atoms with Gasteiger partial charge in [0.1, 0.15) is 0 Å². The van der Waals surface area contributed by atoms with Gasteiger partial charge in [-0.1, -0.05) is 35.9 Å². The minimum absolute atomic E-state index is 0.638. The first-order valence-electron chi connectivity index (χ1n) is 7.26. The monoisotopic (exact) mass is 356 g/mol. The molecule has 2 aromatic carbocycles. The van der Waals surface area contributed by atoms with Gasteiger partial charge in [0.15, 0.2) is 11.0 Å². The fourth-order valence-electron chi connectivity index (χ4n) is 2.48. The Labute approximate surface area is 145 Å². The molecule has 0 saturated heterocycles. The number of H-pyrrole nitrogens is 1. The van der Waals surface area contributed by atoms with Gasteiger partial charge >= 0.3 is 0 Å². The lowest BCUT2D eigenvalue weighted by atomic mass is 10.2. The van der Waals surface area contributed by atoms with Crippen LogP contribution in [0.3, 0.4) is 0 Å². The van der Waals surface area contributed by atoms with E-state index in [1.165, 1.54) is 0 Å². The number of aromatic nitrogens is 3. The Balaban J connectivity index is 1.59. The first-order chi connectivity index (χ1) is 11.7. The predicted octanol–water partition coefficient (Wildman–Crippen LogP) is 4.14. The van der Waals surface area contributed by atoms with Crippen LogP contribution in [0.5, 0.6) is 0 Å². The van der Waals surface area contributed by atoms with E-state index >= 15 is 0 Å². The third-order valence-corrected chi connectivity index (χ3v) is 5.01. The van der Waals surface area contributed by atoms with Crippen molar-refractivity contribution in [3.63, 3.8) is 0 Å². The lowest BCUT2D eigenvalue weighted by Gasteiger charge is -2.02. The summed E-state index contributed by atoms with van der Waals surface area (Å²) in [6, 6.07) is 15.2. The number of hydrogen-bond donors (Lipinski definition) is 2. The molecule has 0 bridgehead atoms. The predicted molar refractivity (Wildman–Crippen MR) is 96.9 cm³/mol. The van der Waals surface area contributed by atoms with E-state index in [2.05, 4.69) is 14.8 Å². The average molecular weight is 357 g/mol. The van der Waals surface area contributed by atoms with Crippen molar-refractivity contribution in [3.05, 3.63) is 72.1 Å². The highest BCUT2D eigenvalue weighted by atomic mass is 35.5. The van der Waals surface area contributed by atoms with Crippen LogP contribution in [0.2, 0.25) is 5.02 Å². The van der Waals surface area contributed by atoms with Gasteiger partial charge in [0.2, 0.25) is 0 Å². The lowest BCUT2D eigenvalue weighted by molar-refractivity contribution is 0.687. The summed E-state index contributed by atoms with van der Waals surface area (Å²) in [5.41, 5.74) is 2.48. The molecule has 0 aliphatic carbocycles. The zero-order valence-electron chi connectivity index (χ0n) is 12.4. The van der Waals surface area contributed by atoms with E-state index in [1.54, 1.807) is 29.3 Å².